The minimum Gasteiger partial charge on any atom is -0.577 e. The predicted molar refractivity (Wildman–Crippen MR) is 134 cm³/mol. The molecule has 0 spiro atoms. The Morgan fingerprint density at radius 3 is 1.86 bits per heavy atom. The van der Waals surface area contributed by atoms with Crippen molar-refractivity contribution < 1.29 is 8.42 Å². The highest BCUT2D eigenvalue weighted by atomic mass is 79.9. The van der Waals surface area contributed by atoms with Crippen LogP contribution >= 0.6 is 17.0 Å². The number of likely N-dealkylation sites (N-methyl/N-ethyl adjacent to an activating group) is 1. The van der Waals surface area contributed by atoms with Crippen molar-refractivity contribution in [3.63, 3.8) is 0 Å². The normalized spacial score (nSPS) is 11.7. The van der Waals surface area contributed by atoms with Gasteiger partial charge in [-0.1, -0.05) is 83.4 Å². The van der Waals surface area contributed by atoms with Crippen LogP contribution in [0.15, 0.2) is 36.9 Å². The molecule has 1 aromatic rings. The zero-order chi connectivity index (χ0) is 20.9. The molecule has 6 heteroatoms. The van der Waals surface area contributed by atoms with Crippen molar-refractivity contribution in [3.8, 4) is 0 Å². The average Bonchev–Trinajstić information content (AvgIpc) is 2.63. The number of hydrogen-bond donors (Lipinski definition) is 0. The Hall–Kier alpha value is -0.850. The van der Waals surface area contributed by atoms with Crippen LogP contribution in [0.5, 0.6) is 0 Å². The van der Waals surface area contributed by atoms with E-state index >= 15 is 0 Å². The maximum absolute atomic E-state index is 12.2. The molecule has 0 atom stereocenters. The smallest absolute Gasteiger partial charge is 0.132 e. The highest BCUT2D eigenvalue weighted by Crippen LogP contribution is 2.28. The summed E-state index contributed by atoms with van der Waals surface area (Å²) < 4.78 is 29.1. The van der Waals surface area contributed by atoms with Crippen molar-refractivity contribution in [2.24, 2.45) is 0 Å². The molecule has 0 aliphatic rings. The van der Waals surface area contributed by atoms with E-state index < -0.39 is 10.0 Å². The molecule has 0 aromatic heterocycles. The van der Waals surface area contributed by atoms with Crippen LogP contribution in [0.25, 0.3) is 4.72 Å². The molecule has 29 heavy (non-hydrogen) atoms. The van der Waals surface area contributed by atoms with E-state index in [0.29, 0.717) is 16.6 Å². The fraction of sp³-hybridized carbons (Fsp3) is 0.652. The number of rotatable bonds is 16. The van der Waals surface area contributed by atoms with Gasteiger partial charge in [0.05, 0.1) is 24.1 Å². The molecule has 0 bridgehead atoms. The number of quaternary nitrogens is 1. The zero-order valence-corrected chi connectivity index (χ0v) is 21.1. The van der Waals surface area contributed by atoms with Gasteiger partial charge in [0, 0.05) is 5.75 Å². The van der Waals surface area contributed by atoms with Crippen molar-refractivity contribution in [2.75, 3.05) is 26.4 Å². The summed E-state index contributed by atoms with van der Waals surface area (Å²) in [5.41, 5.74) is 1.61. The van der Waals surface area contributed by atoms with Crippen LogP contribution in [-0.2, 0) is 10.0 Å². The summed E-state index contributed by atoms with van der Waals surface area (Å²) in [5.74, 6) is 0.142. The molecule has 0 aliphatic carbocycles. The summed E-state index contributed by atoms with van der Waals surface area (Å²) in [6.07, 6.45) is 13.8. The quantitative estimate of drug-likeness (QED) is 0.139. The summed E-state index contributed by atoms with van der Waals surface area (Å²) in [6.45, 7) is 6.84. The number of hydrogen-bond acceptors (Lipinski definition) is 2. The third-order valence-corrected chi connectivity index (χ3v) is 6.43. The lowest BCUT2D eigenvalue weighted by atomic mass is 10.1. The summed E-state index contributed by atoms with van der Waals surface area (Å²) in [4.78, 5) is 0. The maximum atomic E-state index is 12.2. The van der Waals surface area contributed by atoms with Gasteiger partial charge in [-0.15, -0.1) is 22.7 Å². The van der Waals surface area contributed by atoms with Gasteiger partial charge in [-0.05, 0) is 24.6 Å². The summed E-state index contributed by atoms with van der Waals surface area (Å²) in [6, 6.07) is 7.46. The first-order valence-electron chi connectivity index (χ1n) is 10.8. The first-order chi connectivity index (χ1) is 13.3. The van der Waals surface area contributed by atoms with Crippen molar-refractivity contribution in [3.05, 3.63) is 41.6 Å². The predicted octanol–water partition coefficient (Wildman–Crippen LogP) is 7.27. The van der Waals surface area contributed by atoms with Gasteiger partial charge in [-0.25, -0.2) is 8.42 Å². The minimum atomic E-state index is -3.40. The van der Waals surface area contributed by atoms with Crippen molar-refractivity contribution in [1.82, 2.24) is 4.48 Å². The number of benzene rings is 1. The van der Waals surface area contributed by atoms with Crippen LogP contribution in [0.2, 0.25) is 0 Å². The number of sulfonamides is 1. The van der Waals surface area contributed by atoms with Gasteiger partial charge >= 0.3 is 0 Å². The van der Waals surface area contributed by atoms with E-state index in [-0.39, 0.29) is 22.7 Å². The third-order valence-electron chi connectivity index (χ3n) is 5.13. The Bertz CT molecular complexity index is 658. The van der Waals surface area contributed by atoms with E-state index in [9.17, 15) is 8.42 Å². The van der Waals surface area contributed by atoms with Crippen LogP contribution in [0, 0.1) is 0 Å². The lowest BCUT2D eigenvalue weighted by Gasteiger charge is -2.29. The van der Waals surface area contributed by atoms with Crippen LogP contribution < -0.4 is 4.48 Å². The van der Waals surface area contributed by atoms with Gasteiger partial charge in [-0.3, -0.25) is 4.48 Å². The van der Waals surface area contributed by atoms with Gasteiger partial charge in [0.15, 0.2) is 0 Å². The van der Waals surface area contributed by atoms with E-state index in [4.69, 9.17) is 0 Å². The van der Waals surface area contributed by atoms with E-state index in [1.807, 2.05) is 18.2 Å². The minimum absolute atomic E-state index is 0. The number of nitrogens with zero attached hydrogens (tertiary/aromatic N) is 2. The molecule has 0 radical (unpaired) electrons. The van der Waals surface area contributed by atoms with Crippen LogP contribution in [0.1, 0.15) is 71.1 Å². The van der Waals surface area contributed by atoms with E-state index in [1.54, 1.807) is 12.1 Å². The standard InChI is InChI=1S/C23H40N2O2S.BrH/c1-5-7-8-9-10-11-12-13-14-15-21-28(26,27)24-22-16-18-23(19-17-22)25(3,4)20-6-2;/h6,16-19H,2,5,7-15,20-21H2,1,3-4H3;1H. The molecule has 1 aromatic carbocycles. The molecule has 4 nitrogen and oxygen atoms in total. The Balaban J connectivity index is 0.00000784. The number of unbranched alkanes of at least 4 members (excludes halogenated alkanes) is 9. The first-order valence-corrected chi connectivity index (χ1v) is 12.4. The Kier molecular flexibility index (Phi) is 14.6. The molecule has 0 heterocycles. The van der Waals surface area contributed by atoms with Gasteiger partial charge in [-0.2, -0.15) is 0 Å². The van der Waals surface area contributed by atoms with E-state index in [2.05, 4.69) is 32.3 Å². The molecule has 0 aliphatic heterocycles. The molecule has 0 saturated carbocycles. The highest BCUT2D eigenvalue weighted by molar-refractivity contribution is 8.93. The average molecular weight is 490 g/mol. The van der Waals surface area contributed by atoms with Crippen LogP contribution in [-0.4, -0.2) is 34.8 Å². The fourth-order valence-electron chi connectivity index (χ4n) is 3.32. The molecule has 0 N–H and O–H groups in total. The first kappa shape index (κ1) is 28.1. The van der Waals surface area contributed by atoms with Gasteiger partial charge < -0.3 is 4.72 Å². The third kappa shape index (κ3) is 12.4. The maximum Gasteiger partial charge on any atom is 0.132 e. The molecule has 0 fully saturated rings. The SMILES string of the molecule is Br.C=CC[N+](C)(C)c1ccc([N-]S(=O)(=O)CCCCCCCCCCCC)cc1. The molecule has 0 unspecified atom stereocenters. The van der Waals surface area contributed by atoms with Crippen LogP contribution in [0.4, 0.5) is 11.4 Å². The Morgan fingerprint density at radius 1 is 0.897 bits per heavy atom. The zero-order valence-electron chi connectivity index (χ0n) is 18.6. The summed E-state index contributed by atoms with van der Waals surface area (Å²) in [5, 5.41) is 0. The second-order valence-corrected chi connectivity index (χ2v) is 9.99. The highest BCUT2D eigenvalue weighted by Gasteiger charge is 2.15. The Labute approximate surface area is 190 Å². The lowest BCUT2D eigenvalue weighted by Crippen LogP contribution is -2.40. The molecule has 0 amide bonds. The van der Waals surface area contributed by atoms with Crippen molar-refractivity contribution in [2.45, 2.75) is 71.1 Å². The topological polar surface area (TPSA) is 48.2 Å². The molecule has 0 saturated heterocycles. The molecular weight excluding hydrogens is 448 g/mol. The largest absolute Gasteiger partial charge is 0.577 e. The monoisotopic (exact) mass is 488 g/mol. The second kappa shape index (κ2) is 15.0. The fourth-order valence-corrected chi connectivity index (χ4v) is 4.43. The summed E-state index contributed by atoms with van der Waals surface area (Å²) >= 11 is 0. The van der Waals surface area contributed by atoms with Gasteiger partial charge in [0.25, 0.3) is 0 Å². The van der Waals surface area contributed by atoms with Crippen molar-refractivity contribution >= 4 is 38.4 Å². The van der Waals surface area contributed by atoms with Crippen molar-refractivity contribution in [1.29, 1.82) is 0 Å². The van der Waals surface area contributed by atoms with E-state index in [0.717, 1.165) is 25.1 Å². The number of halogens is 1. The molecule has 1 rings (SSSR count). The van der Waals surface area contributed by atoms with Gasteiger partial charge in [0.1, 0.15) is 12.2 Å². The van der Waals surface area contributed by atoms with Gasteiger partial charge in [0.2, 0.25) is 0 Å². The molecule has 168 valence electrons. The summed E-state index contributed by atoms with van der Waals surface area (Å²) in [7, 11) is 0.789. The van der Waals surface area contributed by atoms with E-state index in [1.165, 1.54) is 44.9 Å². The van der Waals surface area contributed by atoms with Crippen LogP contribution in [0.3, 0.4) is 0 Å². The second-order valence-electron chi connectivity index (χ2n) is 8.23. The Morgan fingerprint density at radius 2 is 1.38 bits per heavy atom. The lowest BCUT2D eigenvalue weighted by molar-refractivity contribution is 0.442. The molecular formula is C23H41BrN2O2S.